The van der Waals surface area contributed by atoms with Gasteiger partial charge < -0.3 is 9.80 Å². The van der Waals surface area contributed by atoms with Gasteiger partial charge in [0.05, 0.1) is 15.5 Å². The smallest absolute Gasteiger partial charge is 0.256 e. The highest BCUT2D eigenvalue weighted by Crippen LogP contribution is 2.45. The minimum absolute atomic E-state index is 0.0429. The van der Waals surface area contributed by atoms with Crippen molar-refractivity contribution in [1.29, 1.82) is 0 Å². The number of carbonyl (C=O) groups excluding carboxylic acids is 2. The van der Waals surface area contributed by atoms with Crippen molar-refractivity contribution >= 4 is 46.8 Å². The molecule has 2 saturated heterocycles. The fourth-order valence-corrected chi connectivity index (χ4v) is 5.65. The Hall–Kier alpha value is -0.910. The van der Waals surface area contributed by atoms with E-state index in [1.165, 1.54) is 0 Å². The first-order valence-electron chi connectivity index (χ1n) is 9.01. The Bertz CT molecular complexity index is 703. The summed E-state index contributed by atoms with van der Waals surface area (Å²) in [5.41, 5.74) is 0.497. The fraction of sp³-hybridized carbons (Fsp3) is 0.579. The molecule has 0 radical (unpaired) electrons. The minimum atomic E-state index is -0.228. The van der Waals surface area contributed by atoms with E-state index in [1.54, 1.807) is 18.2 Å². The van der Waals surface area contributed by atoms with Crippen LogP contribution in [0.15, 0.2) is 18.2 Å². The Kier molecular flexibility index (Phi) is 6.10. The third kappa shape index (κ3) is 4.00. The first-order valence-corrected chi connectivity index (χ1v) is 10.8. The summed E-state index contributed by atoms with van der Waals surface area (Å²) >= 11 is 14.0. The summed E-state index contributed by atoms with van der Waals surface area (Å²) in [6.07, 6.45) is 2.19. The molecule has 2 aliphatic rings. The van der Waals surface area contributed by atoms with Gasteiger partial charge in [-0.25, -0.2) is 0 Å². The number of piperidine rings is 1. The predicted molar refractivity (Wildman–Crippen MR) is 108 cm³/mol. The van der Waals surface area contributed by atoms with Crippen LogP contribution < -0.4 is 0 Å². The van der Waals surface area contributed by atoms with E-state index in [0.717, 1.165) is 18.6 Å². The summed E-state index contributed by atoms with van der Waals surface area (Å²) in [7, 11) is 0. The predicted octanol–water partition coefficient (Wildman–Crippen LogP) is 4.55. The second-order valence-corrected chi connectivity index (χ2v) is 9.65. The molecule has 26 heavy (non-hydrogen) atoms. The third-order valence-corrected chi connectivity index (χ3v) is 7.17. The molecule has 7 heteroatoms. The average Bonchev–Trinajstić information content (AvgIpc) is 2.97. The molecule has 2 amide bonds. The number of carbonyl (C=O) groups is 2. The quantitative estimate of drug-likeness (QED) is 0.728. The third-order valence-electron chi connectivity index (χ3n) is 5.06. The molecule has 3 rings (SSSR count). The Morgan fingerprint density at radius 1 is 1.19 bits per heavy atom. The molecule has 4 nitrogen and oxygen atoms in total. The van der Waals surface area contributed by atoms with Crippen LogP contribution in [0.5, 0.6) is 0 Å². The molecule has 1 spiro atoms. The second-order valence-electron chi connectivity index (χ2n) is 7.35. The van der Waals surface area contributed by atoms with Crippen LogP contribution in [0.25, 0.3) is 0 Å². The van der Waals surface area contributed by atoms with Crippen LogP contribution in [0.4, 0.5) is 0 Å². The molecule has 0 atom stereocenters. The van der Waals surface area contributed by atoms with Gasteiger partial charge in [-0.3, -0.25) is 9.59 Å². The van der Waals surface area contributed by atoms with Crippen molar-refractivity contribution in [2.24, 2.45) is 5.92 Å². The summed E-state index contributed by atoms with van der Waals surface area (Å²) in [4.78, 5) is 29.1. The van der Waals surface area contributed by atoms with Crippen LogP contribution in [-0.4, -0.2) is 51.9 Å². The van der Waals surface area contributed by atoms with E-state index in [1.807, 2.05) is 21.6 Å². The van der Waals surface area contributed by atoms with Crippen LogP contribution in [0, 0.1) is 5.92 Å². The Labute approximate surface area is 169 Å². The number of benzene rings is 1. The monoisotopic (exact) mass is 414 g/mol. The lowest BCUT2D eigenvalue weighted by molar-refractivity contribution is -0.133. The normalized spacial score (nSPS) is 19.4. The number of hydrogen-bond donors (Lipinski definition) is 0. The van der Waals surface area contributed by atoms with E-state index in [4.69, 9.17) is 23.2 Å². The largest absolute Gasteiger partial charge is 0.342 e. The number of amides is 2. The van der Waals surface area contributed by atoms with Gasteiger partial charge in [0.25, 0.3) is 5.91 Å². The zero-order valence-corrected chi connectivity index (χ0v) is 17.5. The number of thioether (sulfide) groups is 1. The average molecular weight is 415 g/mol. The highest BCUT2D eigenvalue weighted by molar-refractivity contribution is 8.00. The van der Waals surface area contributed by atoms with Crippen LogP contribution in [0.3, 0.4) is 0 Å². The topological polar surface area (TPSA) is 40.6 Å². The number of nitrogens with zero attached hydrogens (tertiary/aromatic N) is 2. The fourth-order valence-electron chi connectivity index (χ4n) is 3.70. The van der Waals surface area contributed by atoms with E-state index in [2.05, 4.69) is 13.8 Å². The Morgan fingerprint density at radius 2 is 1.88 bits per heavy atom. The van der Waals surface area contributed by atoms with Crippen molar-refractivity contribution in [2.45, 2.75) is 38.0 Å². The standard InChI is InChI=1S/C19H24Cl2N2O2S/c1-13(2)11-17(24)22-7-5-19(6-8-22)23(9-10-26-19)18(25)15-4-3-14(20)12-16(15)21/h3-4,12-13H,5-11H2,1-2H3. The van der Waals surface area contributed by atoms with Gasteiger partial charge in [-0.1, -0.05) is 37.0 Å². The molecule has 142 valence electrons. The number of rotatable bonds is 3. The lowest BCUT2D eigenvalue weighted by Crippen LogP contribution is -2.53. The molecule has 0 unspecified atom stereocenters. The van der Waals surface area contributed by atoms with Gasteiger partial charge in [0.15, 0.2) is 0 Å². The van der Waals surface area contributed by atoms with Gasteiger partial charge in [-0.05, 0) is 37.0 Å². The highest BCUT2D eigenvalue weighted by Gasteiger charge is 2.47. The van der Waals surface area contributed by atoms with Gasteiger partial charge in [0.1, 0.15) is 0 Å². The van der Waals surface area contributed by atoms with E-state index < -0.39 is 0 Å². The molecular weight excluding hydrogens is 391 g/mol. The maximum atomic E-state index is 13.1. The van der Waals surface area contributed by atoms with Crippen LogP contribution in [0.2, 0.25) is 10.0 Å². The molecule has 2 aliphatic heterocycles. The van der Waals surface area contributed by atoms with E-state index in [0.29, 0.717) is 47.6 Å². The molecule has 2 heterocycles. The first kappa shape index (κ1) is 19.8. The lowest BCUT2D eigenvalue weighted by Gasteiger charge is -2.44. The molecule has 0 N–H and O–H groups in total. The van der Waals surface area contributed by atoms with Crippen molar-refractivity contribution in [3.8, 4) is 0 Å². The molecule has 2 fully saturated rings. The van der Waals surface area contributed by atoms with Crippen molar-refractivity contribution in [2.75, 3.05) is 25.4 Å². The van der Waals surface area contributed by atoms with Crippen molar-refractivity contribution < 1.29 is 9.59 Å². The summed E-state index contributed by atoms with van der Waals surface area (Å²) in [5.74, 6) is 1.45. The highest BCUT2D eigenvalue weighted by atomic mass is 35.5. The second kappa shape index (κ2) is 7.99. The summed E-state index contributed by atoms with van der Waals surface area (Å²) < 4.78 is 0. The first-order chi connectivity index (χ1) is 12.3. The zero-order valence-electron chi connectivity index (χ0n) is 15.1. The maximum Gasteiger partial charge on any atom is 0.256 e. The summed E-state index contributed by atoms with van der Waals surface area (Å²) in [6, 6.07) is 5.01. The van der Waals surface area contributed by atoms with Crippen molar-refractivity contribution in [3.05, 3.63) is 33.8 Å². The van der Waals surface area contributed by atoms with Crippen molar-refractivity contribution in [1.82, 2.24) is 9.80 Å². The number of hydrogen-bond acceptors (Lipinski definition) is 3. The van der Waals surface area contributed by atoms with Crippen molar-refractivity contribution in [3.63, 3.8) is 0 Å². The van der Waals surface area contributed by atoms with E-state index in [9.17, 15) is 9.59 Å². The van der Waals surface area contributed by atoms with Gasteiger partial charge in [0, 0.05) is 36.8 Å². The molecular formula is C19H24Cl2N2O2S. The Balaban J connectivity index is 1.72. The van der Waals surface area contributed by atoms with Gasteiger partial charge in [-0.15, -0.1) is 11.8 Å². The lowest BCUT2D eigenvalue weighted by atomic mass is 9.99. The van der Waals surface area contributed by atoms with E-state index >= 15 is 0 Å². The SMILES string of the molecule is CC(C)CC(=O)N1CCC2(CC1)SCCN2C(=O)c1ccc(Cl)cc1Cl. The van der Waals surface area contributed by atoms with Gasteiger partial charge in [-0.2, -0.15) is 0 Å². The molecule has 0 saturated carbocycles. The van der Waals surface area contributed by atoms with Gasteiger partial charge in [0.2, 0.25) is 5.91 Å². The summed E-state index contributed by atoms with van der Waals surface area (Å²) in [5, 5.41) is 0.910. The minimum Gasteiger partial charge on any atom is -0.342 e. The molecule has 1 aromatic carbocycles. The maximum absolute atomic E-state index is 13.1. The molecule has 0 bridgehead atoms. The zero-order chi connectivity index (χ0) is 18.9. The molecule has 1 aromatic rings. The van der Waals surface area contributed by atoms with Crippen LogP contribution >= 0.6 is 35.0 Å². The van der Waals surface area contributed by atoms with Crippen LogP contribution in [-0.2, 0) is 4.79 Å². The van der Waals surface area contributed by atoms with Crippen LogP contribution in [0.1, 0.15) is 43.5 Å². The molecule has 0 aliphatic carbocycles. The van der Waals surface area contributed by atoms with E-state index in [-0.39, 0.29) is 16.7 Å². The Morgan fingerprint density at radius 3 is 2.50 bits per heavy atom. The van der Waals surface area contributed by atoms with Gasteiger partial charge >= 0.3 is 0 Å². The number of halogens is 2. The summed E-state index contributed by atoms with van der Waals surface area (Å²) in [6.45, 7) is 6.24. The number of likely N-dealkylation sites (tertiary alicyclic amines) is 1. The molecule has 0 aromatic heterocycles.